The molecule has 2 aliphatic heterocycles. The van der Waals surface area contributed by atoms with Gasteiger partial charge in [0.15, 0.2) is 5.65 Å². The first-order valence-electron chi connectivity index (χ1n) is 11.0. The van der Waals surface area contributed by atoms with Crippen molar-refractivity contribution in [3.63, 3.8) is 0 Å². The molecule has 0 spiro atoms. The first-order chi connectivity index (χ1) is 16.8. The summed E-state index contributed by atoms with van der Waals surface area (Å²) >= 11 is 6.33. The van der Waals surface area contributed by atoms with Crippen molar-refractivity contribution in [3.05, 3.63) is 70.3 Å². The summed E-state index contributed by atoms with van der Waals surface area (Å²) in [5.74, 6) is 1.19. The van der Waals surface area contributed by atoms with E-state index in [1.165, 1.54) is 19.3 Å². The molecule has 3 aliphatic rings. The summed E-state index contributed by atoms with van der Waals surface area (Å²) in [4.78, 5) is 4.86. The number of sulfone groups is 1. The van der Waals surface area contributed by atoms with Crippen molar-refractivity contribution in [2.75, 3.05) is 5.32 Å². The second-order valence-corrected chi connectivity index (χ2v) is 11.3. The van der Waals surface area contributed by atoms with Crippen molar-refractivity contribution in [3.8, 4) is 16.9 Å². The van der Waals surface area contributed by atoms with E-state index in [0.29, 0.717) is 33.8 Å². The van der Waals surface area contributed by atoms with Crippen LogP contribution in [0.4, 0.5) is 10.3 Å². The molecule has 0 saturated heterocycles. The Labute approximate surface area is 204 Å². The highest BCUT2D eigenvalue weighted by Crippen LogP contribution is 2.55. The zero-order chi connectivity index (χ0) is 24.1. The molecule has 2 aromatic carbocycles. The molecule has 1 saturated carbocycles. The van der Waals surface area contributed by atoms with E-state index in [1.807, 2.05) is 0 Å². The Balaban J connectivity index is 1.25. The predicted octanol–water partition coefficient (Wildman–Crippen LogP) is 4.51. The van der Waals surface area contributed by atoms with Gasteiger partial charge in [-0.3, -0.25) is 4.40 Å². The average Bonchev–Trinajstić information content (AvgIpc) is 3.20. The Morgan fingerprint density at radius 3 is 2.97 bits per heavy atom. The van der Waals surface area contributed by atoms with Crippen molar-refractivity contribution >= 4 is 38.1 Å². The highest BCUT2D eigenvalue weighted by molar-refractivity contribution is 7.96. The van der Waals surface area contributed by atoms with Gasteiger partial charge in [0, 0.05) is 40.9 Å². The van der Waals surface area contributed by atoms with Gasteiger partial charge in [-0.25, -0.2) is 17.8 Å². The number of anilines is 1. The lowest BCUT2D eigenvalue weighted by molar-refractivity contribution is 0.318. The van der Waals surface area contributed by atoms with Crippen LogP contribution in [0, 0.1) is 5.82 Å². The number of rotatable bonds is 4. The second kappa shape index (κ2) is 7.02. The number of nitrogens with one attached hydrogen (secondary N) is 1. The first-order valence-corrected chi connectivity index (χ1v) is 12.9. The van der Waals surface area contributed by atoms with Crippen molar-refractivity contribution < 1.29 is 17.5 Å². The summed E-state index contributed by atoms with van der Waals surface area (Å²) in [5.41, 5.74) is 3.85. The number of hydrogen-bond acceptors (Lipinski definition) is 7. The minimum atomic E-state index is -3.56. The number of halogens is 2. The molecule has 4 aromatic rings. The Bertz CT molecular complexity index is 1730. The molecule has 4 heterocycles. The van der Waals surface area contributed by atoms with Gasteiger partial charge in [-0.2, -0.15) is 0 Å². The van der Waals surface area contributed by atoms with E-state index in [1.54, 1.807) is 34.9 Å². The Morgan fingerprint density at radius 2 is 2.11 bits per heavy atom. The van der Waals surface area contributed by atoms with E-state index in [-0.39, 0.29) is 39.2 Å². The molecular formula is C24H17ClFN5O3S. The lowest BCUT2D eigenvalue weighted by Crippen LogP contribution is -2.10. The van der Waals surface area contributed by atoms with Crippen LogP contribution in [0.1, 0.15) is 36.0 Å². The van der Waals surface area contributed by atoms with Crippen LogP contribution in [0.3, 0.4) is 0 Å². The normalized spacial score (nSPS) is 21.0. The fraction of sp³-hybridized carbons (Fsp3) is 0.208. The third kappa shape index (κ3) is 2.90. The number of nitrogens with zero attached hydrogens (tertiary/aromatic N) is 4. The Kier molecular flexibility index (Phi) is 4.18. The van der Waals surface area contributed by atoms with Crippen LogP contribution < -0.4 is 10.1 Å². The summed E-state index contributed by atoms with van der Waals surface area (Å²) in [5, 5.41) is 11.7. The van der Waals surface area contributed by atoms with Crippen LogP contribution in [0.15, 0.2) is 52.7 Å². The zero-order valence-electron chi connectivity index (χ0n) is 18.3. The van der Waals surface area contributed by atoms with Crippen LogP contribution in [0.25, 0.3) is 21.8 Å². The second-order valence-electron chi connectivity index (χ2n) is 8.89. The summed E-state index contributed by atoms with van der Waals surface area (Å²) in [7, 11) is -3.56. The molecule has 0 unspecified atom stereocenters. The number of fused-ring (bicyclic) bond motifs is 5. The molecular weight excluding hydrogens is 493 g/mol. The largest absolute Gasteiger partial charge is 0.489 e. The van der Waals surface area contributed by atoms with Crippen LogP contribution in [-0.4, -0.2) is 34.1 Å². The van der Waals surface area contributed by atoms with Gasteiger partial charge in [-0.15, -0.1) is 10.2 Å². The van der Waals surface area contributed by atoms with Gasteiger partial charge in [0.2, 0.25) is 15.8 Å². The molecule has 0 amide bonds. The summed E-state index contributed by atoms with van der Waals surface area (Å²) in [6, 6.07) is 8.09. The van der Waals surface area contributed by atoms with Gasteiger partial charge in [-0.05, 0) is 43.2 Å². The van der Waals surface area contributed by atoms with E-state index >= 15 is 0 Å². The average molecular weight is 510 g/mol. The van der Waals surface area contributed by atoms with E-state index in [9.17, 15) is 12.8 Å². The smallest absolute Gasteiger partial charge is 0.210 e. The summed E-state index contributed by atoms with van der Waals surface area (Å²) in [6.07, 6.45) is 4.25. The maximum absolute atomic E-state index is 14.7. The van der Waals surface area contributed by atoms with Crippen LogP contribution in [-0.2, 0) is 16.4 Å². The summed E-state index contributed by atoms with van der Waals surface area (Å²) in [6.45, 7) is 1.73. The minimum absolute atomic E-state index is 0.138. The van der Waals surface area contributed by atoms with Crippen LogP contribution in [0.5, 0.6) is 5.75 Å². The monoisotopic (exact) mass is 509 g/mol. The Hall–Kier alpha value is -3.50. The predicted molar refractivity (Wildman–Crippen MR) is 127 cm³/mol. The lowest BCUT2D eigenvalue weighted by Gasteiger charge is -2.14. The first kappa shape index (κ1) is 20.8. The third-order valence-electron chi connectivity index (χ3n) is 6.93. The van der Waals surface area contributed by atoms with Gasteiger partial charge in [0.05, 0.1) is 14.8 Å². The van der Waals surface area contributed by atoms with Gasteiger partial charge in [0.25, 0.3) is 0 Å². The van der Waals surface area contributed by atoms with Gasteiger partial charge >= 0.3 is 0 Å². The van der Waals surface area contributed by atoms with Gasteiger partial charge in [0.1, 0.15) is 24.0 Å². The molecule has 0 bridgehead atoms. The maximum Gasteiger partial charge on any atom is 0.210 e. The highest BCUT2D eigenvalue weighted by atomic mass is 35.5. The summed E-state index contributed by atoms with van der Waals surface area (Å²) < 4.78 is 47.3. The van der Waals surface area contributed by atoms with Gasteiger partial charge in [-0.1, -0.05) is 17.7 Å². The SMILES string of the molecule is CC1=C(Cl)c2cc(-c3cnc(NCc4c(F)ccc5c4[C@H]4C[C@H]4O5)n4cnnc34)ccc2S1(=O)=O. The zero-order valence-corrected chi connectivity index (χ0v) is 19.9. The molecule has 11 heteroatoms. The van der Waals surface area contributed by atoms with E-state index in [2.05, 4.69) is 20.5 Å². The molecule has 2 aromatic heterocycles. The molecule has 1 N–H and O–H groups in total. The quantitative estimate of drug-likeness (QED) is 0.432. The van der Waals surface area contributed by atoms with Crippen molar-refractivity contribution in [1.29, 1.82) is 0 Å². The van der Waals surface area contributed by atoms with Crippen LogP contribution >= 0.6 is 11.6 Å². The number of allylic oxidation sites excluding steroid dienone is 1. The molecule has 1 fully saturated rings. The molecule has 0 radical (unpaired) electrons. The van der Waals surface area contributed by atoms with Crippen molar-refractivity contribution in [2.45, 2.75) is 36.8 Å². The molecule has 2 atom stereocenters. The topological polar surface area (TPSA) is 98.5 Å². The van der Waals surface area contributed by atoms with Crippen molar-refractivity contribution in [1.82, 2.24) is 19.6 Å². The fourth-order valence-electron chi connectivity index (χ4n) is 4.97. The Morgan fingerprint density at radius 1 is 1.26 bits per heavy atom. The number of benzene rings is 2. The maximum atomic E-state index is 14.7. The van der Waals surface area contributed by atoms with Gasteiger partial charge < -0.3 is 10.1 Å². The van der Waals surface area contributed by atoms with E-state index < -0.39 is 9.84 Å². The van der Waals surface area contributed by atoms with Crippen LogP contribution in [0.2, 0.25) is 0 Å². The van der Waals surface area contributed by atoms with E-state index in [0.717, 1.165) is 17.7 Å². The molecule has 176 valence electrons. The fourth-order valence-corrected chi connectivity index (χ4v) is 6.86. The molecule has 1 aliphatic carbocycles. The van der Waals surface area contributed by atoms with Crippen molar-refractivity contribution in [2.24, 2.45) is 0 Å². The lowest BCUT2D eigenvalue weighted by atomic mass is 10.0. The number of aromatic nitrogens is 4. The molecule has 8 nitrogen and oxygen atoms in total. The highest BCUT2D eigenvalue weighted by Gasteiger charge is 2.49. The minimum Gasteiger partial charge on any atom is -0.489 e. The van der Waals surface area contributed by atoms with E-state index in [4.69, 9.17) is 16.3 Å². The molecule has 7 rings (SSSR count). The third-order valence-corrected chi connectivity index (χ3v) is 9.47. The standard InChI is InChI=1S/C24H17ClFN5O3S/c1-11-22(25)14-6-12(2-5-20(14)35(11,32)33)15-8-27-24(31-10-29-30-23(15)31)28-9-16-17(26)3-4-18-21(16)13-7-19(13)34-18/h2-6,8,10,13,19H,7,9H2,1H3,(H,27,28)/t13-,19+/m0/s1. The number of ether oxygens (including phenoxy) is 1. The molecule has 35 heavy (non-hydrogen) atoms. The number of hydrogen-bond donors (Lipinski definition) is 1.